The molecule has 1 aliphatic rings. The van der Waals surface area contributed by atoms with Crippen molar-refractivity contribution in [2.45, 2.75) is 19.9 Å². The van der Waals surface area contributed by atoms with Crippen molar-refractivity contribution in [1.29, 1.82) is 0 Å². The Hall–Kier alpha value is -2.19. The Bertz CT molecular complexity index is 933. The minimum Gasteiger partial charge on any atom is -0.367 e. The van der Waals surface area contributed by atoms with Gasteiger partial charge in [0.15, 0.2) is 0 Å². The minimum atomic E-state index is -0.231. The first-order chi connectivity index (χ1) is 11.4. The molecule has 1 aliphatic heterocycles. The Morgan fingerprint density at radius 1 is 1.33 bits per heavy atom. The zero-order valence-electron chi connectivity index (χ0n) is 13.4. The van der Waals surface area contributed by atoms with Crippen molar-refractivity contribution in [2.75, 3.05) is 12.4 Å². The van der Waals surface area contributed by atoms with Gasteiger partial charge >= 0.3 is 0 Å². The van der Waals surface area contributed by atoms with Crippen molar-refractivity contribution < 1.29 is 4.79 Å². The van der Waals surface area contributed by atoms with Crippen LogP contribution in [-0.4, -0.2) is 37.6 Å². The number of hydrogen-bond acceptors (Lipinski definition) is 6. The molecule has 0 aliphatic carbocycles. The van der Waals surface area contributed by atoms with E-state index < -0.39 is 0 Å². The van der Waals surface area contributed by atoms with Gasteiger partial charge in [0.1, 0.15) is 15.8 Å². The maximum atomic E-state index is 12.9. The number of aromatic nitrogens is 2. The summed E-state index contributed by atoms with van der Waals surface area (Å²) in [5, 5.41) is 3.18. The Balaban J connectivity index is 2.22. The summed E-state index contributed by atoms with van der Waals surface area (Å²) in [6, 6.07) is 5.45. The molecule has 1 N–H and O–H groups in total. The number of thioether (sulfide) groups is 1. The molecule has 0 saturated carbocycles. The molecule has 8 heteroatoms. The van der Waals surface area contributed by atoms with Crippen LogP contribution in [0.15, 0.2) is 34.1 Å². The number of pyridine rings is 1. The van der Waals surface area contributed by atoms with E-state index in [-0.39, 0.29) is 17.5 Å². The number of carbonyl (C=O) groups is 1. The lowest BCUT2D eigenvalue weighted by molar-refractivity contribution is -0.121. The summed E-state index contributed by atoms with van der Waals surface area (Å²) in [5.41, 5.74) is 0.664. The molecular formula is C16H16N4O2S2. The van der Waals surface area contributed by atoms with E-state index >= 15 is 0 Å². The molecule has 0 unspecified atom stereocenters. The number of fused-ring (bicyclic) bond motifs is 1. The number of thiocarbonyl (C=S) groups is 1. The van der Waals surface area contributed by atoms with Gasteiger partial charge in [-0.15, -0.1) is 0 Å². The third-order valence-electron chi connectivity index (χ3n) is 3.46. The number of carbonyl (C=O) groups excluding carboxylic acids is 1. The monoisotopic (exact) mass is 360 g/mol. The Kier molecular flexibility index (Phi) is 4.42. The zero-order chi connectivity index (χ0) is 17.4. The van der Waals surface area contributed by atoms with Gasteiger partial charge in [-0.3, -0.25) is 18.9 Å². The van der Waals surface area contributed by atoms with Gasteiger partial charge in [-0.1, -0.05) is 30.0 Å². The molecule has 124 valence electrons. The minimum absolute atomic E-state index is 0.0934. The first kappa shape index (κ1) is 16.7. The van der Waals surface area contributed by atoms with Crippen molar-refractivity contribution in [3.8, 4) is 0 Å². The summed E-state index contributed by atoms with van der Waals surface area (Å²) < 4.78 is 1.93. The van der Waals surface area contributed by atoms with Gasteiger partial charge in [0, 0.05) is 19.3 Å². The molecule has 0 bridgehead atoms. The van der Waals surface area contributed by atoms with Gasteiger partial charge in [-0.2, -0.15) is 0 Å². The van der Waals surface area contributed by atoms with Crippen LogP contribution in [0.25, 0.3) is 11.7 Å². The van der Waals surface area contributed by atoms with Crippen LogP contribution >= 0.6 is 24.0 Å². The van der Waals surface area contributed by atoms with Crippen LogP contribution in [0, 0.1) is 0 Å². The number of nitrogens with one attached hydrogen (secondary N) is 1. The lowest BCUT2D eigenvalue weighted by atomic mass is 10.2. The number of hydrogen-bond donors (Lipinski definition) is 1. The Morgan fingerprint density at radius 2 is 2.08 bits per heavy atom. The molecule has 0 aromatic carbocycles. The molecule has 3 rings (SSSR count). The van der Waals surface area contributed by atoms with Crippen LogP contribution in [0.1, 0.15) is 19.4 Å². The average Bonchev–Trinajstić information content (AvgIpc) is 2.78. The lowest BCUT2D eigenvalue weighted by Crippen LogP contribution is -2.24. The fourth-order valence-corrected chi connectivity index (χ4v) is 3.45. The fourth-order valence-electron chi connectivity index (χ4n) is 2.29. The molecular weight excluding hydrogens is 344 g/mol. The van der Waals surface area contributed by atoms with E-state index in [9.17, 15) is 9.59 Å². The van der Waals surface area contributed by atoms with Gasteiger partial charge < -0.3 is 5.32 Å². The first-order valence-corrected chi connectivity index (χ1v) is 8.60. The van der Waals surface area contributed by atoms with E-state index in [4.69, 9.17) is 12.2 Å². The molecule has 0 atom stereocenters. The maximum Gasteiger partial charge on any atom is 0.267 e. The first-order valence-electron chi connectivity index (χ1n) is 7.38. The van der Waals surface area contributed by atoms with E-state index in [0.717, 1.165) is 0 Å². The van der Waals surface area contributed by atoms with Gasteiger partial charge in [-0.25, -0.2) is 4.98 Å². The van der Waals surface area contributed by atoms with Crippen LogP contribution in [0.4, 0.5) is 5.82 Å². The smallest absolute Gasteiger partial charge is 0.267 e. The molecule has 6 nitrogen and oxygen atoms in total. The van der Waals surface area contributed by atoms with E-state index in [1.807, 2.05) is 19.9 Å². The van der Waals surface area contributed by atoms with Gasteiger partial charge in [0.05, 0.1) is 10.5 Å². The summed E-state index contributed by atoms with van der Waals surface area (Å²) >= 11 is 6.32. The summed E-state index contributed by atoms with van der Waals surface area (Å²) in [5.74, 6) is 0.251. The fraction of sp³-hybridized carbons (Fsp3) is 0.250. The van der Waals surface area contributed by atoms with Crippen molar-refractivity contribution in [2.24, 2.45) is 0 Å². The normalized spacial score (nSPS) is 16.7. The number of nitrogens with zero attached hydrogens (tertiary/aromatic N) is 3. The third kappa shape index (κ3) is 2.94. The largest absolute Gasteiger partial charge is 0.367 e. The van der Waals surface area contributed by atoms with Crippen LogP contribution in [-0.2, 0) is 4.79 Å². The highest BCUT2D eigenvalue weighted by Crippen LogP contribution is 2.31. The second-order valence-electron chi connectivity index (χ2n) is 5.65. The van der Waals surface area contributed by atoms with Gasteiger partial charge in [-0.05, 0) is 32.1 Å². The molecule has 1 fully saturated rings. The number of rotatable bonds is 3. The van der Waals surface area contributed by atoms with Crippen molar-refractivity contribution >= 4 is 51.7 Å². The van der Waals surface area contributed by atoms with Gasteiger partial charge in [0.2, 0.25) is 0 Å². The highest BCUT2D eigenvalue weighted by molar-refractivity contribution is 8.26. The highest BCUT2D eigenvalue weighted by atomic mass is 32.2. The second kappa shape index (κ2) is 6.37. The predicted octanol–water partition coefficient (Wildman–Crippen LogP) is 2.35. The van der Waals surface area contributed by atoms with Crippen LogP contribution in [0.5, 0.6) is 0 Å². The summed E-state index contributed by atoms with van der Waals surface area (Å²) in [7, 11) is 1.62. The van der Waals surface area contributed by atoms with E-state index in [1.54, 1.807) is 31.5 Å². The summed E-state index contributed by atoms with van der Waals surface area (Å²) in [6.07, 6.45) is 3.23. The average molecular weight is 360 g/mol. The molecule has 0 spiro atoms. The van der Waals surface area contributed by atoms with Crippen molar-refractivity contribution in [3.05, 3.63) is 45.2 Å². The molecule has 3 heterocycles. The highest BCUT2D eigenvalue weighted by Gasteiger charge is 2.29. The van der Waals surface area contributed by atoms with Crippen LogP contribution < -0.4 is 10.9 Å². The summed E-state index contributed by atoms with van der Waals surface area (Å²) in [6.45, 7) is 3.92. The molecule has 0 radical (unpaired) electrons. The van der Waals surface area contributed by atoms with E-state index in [2.05, 4.69) is 10.3 Å². The topological polar surface area (TPSA) is 66.7 Å². The quantitative estimate of drug-likeness (QED) is 0.669. The van der Waals surface area contributed by atoms with E-state index in [1.165, 1.54) is 21.1 Å². The van der Waals surface area contributed by atoms with Crippen molar-refractivity contribution in [1.82, 2.24) is 14.3 Å². The molecule has 24 heavy (non-hydrogen) atoms. The van der Waals surface area contributed by atoms with Crippen molar-refractivity contribution in [3.63, 3.8) is 0 Å². The number of likely N-dealkylation sites (N-methyl/N-ethyl adjacent to an activating group) is 1. The van der Waals surface area contributed by atoms with Gasteiger partial charge in [0.25, 0.3) is 11.5 Å². The predicted molar refractivity (Wildman–Crippen MR) is 101 cm³/mol. The Labute approximate surface area is 148 Å². The third-order valence-corrected chi connectivity index (χ3v) is 4.94. The van der Waals surface area contributed by atoms with E-state index in [0.29, 0.717) is 26.3 Å². The van der Waals surface area contributed by atoms with Crippen LogP contribution in [0.3, 0.4) is 0 Å². The standard InChI is InChI=1S/C16H16N4O2S2/c1-9(2)17-13-10(8-11-15(22)19(3)16(23)24-11)14(21)20-7-5-4-6-12(20)18-13/h4-9,17H,1-3H3/b11-8-. The lowest BCUT2D eigenvalue weighted by Gasteiger charge is -2.13. The maximum absolute atomic E-state index is 12.9. The molecule has 1 amide bonds. The molecule has 1 saturated heterocycles. The zero-order valence-corrected chi connectivity index (χ0v) is 15.1. The number of amides is 1. The molecule has 2 aromatic heterocycles. The Morgan fingerprint density at radius 3 is 2.71 bits per heavy atom. The molecule has 2 aromatic rings. The SMILES string of the molecule is CC(C)Nc1nc2ccccn2c(=O)c1/C=C1\SC(=S)N(C)C1=O. The van der Waals surface area contributed by atoms with Crippen LogP contribution in [0.2, 0.25) is 0 Å². The second-order valence-corrected chi connectivity index (χ2v) is 7.32. The summed E-state index contributed by atoms with van der Waals surface area (Å²) in [4.78, 5) is 31.4. The number of anilines is 1.